The van der Waals surface area contributed by atoms with E-state index in [2.05, 4.69) is 31.4 Å². The Kier molecular flexibility index (Phi) is 7.67. The van der Waals surface area contributed by atoms with E-state index in [1.165, 1.54) is 32.1 Å². The number of rotatable bonds is 8. The molecule has 1 aliphatic rings. The Bertz CT molecular complexity index is 310. The first-order chi connectivity index (χ1) is 9.90. The fourth-order valence-electron chi connectivity index (χ4n) is 3.19. The first-order valence-corrected chi connectivity index (χ1v) is 8.43. The molecule has 0 radical (unpaired) electrons. The van der Waals surface area contributed by atoms with Crippen LogP contribution in [0.4, 0.5) is 0 Å². The fraction of sp³-hybridized carbons (Fsp3) is 0.941. The summed E-state index contributed by atoms with van der Waals surface area (Å²) in [6.07, 6.45) is 6.16. The zero-order chi connectivity index (χ0) is 15.9. The van der Waals surface area contributed by atoms with E-state index in [0.29, 0.717) is 24.6 Å². The molecule has 0 bridgehead atoms. The molecule has 0 aromatic rings. The summed E-state index contributed by atoms with van der Waals surface area (Å²) in [6.45, 7) is 10.2. The molecule has 2 N–H and O–H groups in total. The highest BCUT2D eigenvalue weighted by Crippen LogP contribution is 2.40. The molecule has 0 spiro atoms. The van der Waals surface area contributed by atoms with Gasteiger partial charge < -0.3 is 15.4 Å². The zero-order valence-corrected chi connectivity index (χ0v) is 14.5. The Morgan fingerprint density at radius 2 is 1.90 bits per heavy atom. The molecule has 1 saturated carbocycles. The molecule has 1 atom stereocenters. The molecule has 1 amide bonds. The minimum atomic E-state index is -0.123. The number of ether oxygens (including phenoxy) is 1. The van der Waals surface area contributed by atoms with Crippen molar-refractivity contribution >= 4 is 5.91 Å². The van der Waals surface area contributed by atoms with E-state index >= 15 is 0 Å². The predicted octanol–water partition coefficient (Wildman–Crippen LogP) is 2.72. The standard InChI is InChI=1S/C17H34N2O2/c1-6-17(3,4)14-7-9-15(10-8-14)19-13(2)16(20)18-11-12-21-5/h13-15,19H,6-12H2,1-5H3,(H,18,20). The van der Waals surface area contributed by atoms with Crippen LogP contribution in [0.25, 0.3) is 0 Å². The molecule has 0 saturated heterocycles. The fourth-order valence-corrected chi connectivity index (χ4v) is 3.19. The molecule has 1 fully saturated rings. The molecule has 0 aromatic heterocycles. The molecule has 1 aliphatic carbocycles. The quantitative estimate of drug-likeness (QED) is 0.677. The van der Waals surface area contributed by atoms with Gasteiger partial charge in [-0.05, 0) is 43.9 Å². The van der Waals surface area contributed by atoms with Gasteiger partial charge >= 0.3 is 0 Å². The van der Waals surface area contributed by atoms with Crippen molar-refractivity contribution < 1.29 is 9.53 Å². The second-order valence-corrected chi connectivity index (χ2v) is 7.06. The topological polar surface area (TPSA) is 50.4 Å². The number of hydrogen-bond donors (Lipinski definition) is 2. The minimum absolute atomic E-state index is 0.0723. The van der Waals surface area contributed by atoms with E-state index in [4.69, 9.17) is 4.74 Å². The summed E-state index contributed by atoms with van der Waals surface area (Å²) in [7, 11) is 1.64. The van der Waals surface area contributed by atoms with Gasteiger partial charge in [-0.3, -0.25) is 4.79 Å². The third-order valence-corrected chi connectivity index (χ3v) is 5.23. The summed E-state index contributed by atoms with van der Waals surface area (Å²) in [4.78, 5) is 11.9. The normalized spacial score (nSPS) is 24.6. The second kappa shape index (κ2) is 8.74. The SMILES string of the molecule is CCC(C)(C)C1CCC(NC(C)C(=O)NCCOC)CC1. The first-order valence-electron chi connectivity index (χ1n) is 8.43. The third kappa shape index (κ3) is 5.95. The van der Waals surface area contributed by atoms with Crippen LogP contribution >= 0.6 is 0 Å². The van der Waals surface area contributed by atoms with Crippen molar-refractivity contribution in [1.82, 2.24) is 10.6 Å². The molecule has 21 heavy (non-hydrogen) atoms. The summed E-state index contributed by atoms with van der Waals surface area (Å²) in [5.41, 5.74) is 0.452. The predicted molar refractivity (Wildman–Crippen MR) is 87.3 cm³/mol. The molecule has 4 heteroatoms. The highest BCUT2D eigenvalue weighted by atomic mass is 16.5. The Balaban J connectivity index is 2.30. The van der Waals surface area contributed by atoms with E-state index in [1.807, 2.05) is 6.92 Å². The van der Waals surface area contributed by atoms with Gasteiger partial charge in [-0.1, -0.05) is 27.2 Å². The van der Waals surface area contributed by atoms with Gasteiger partial charge in [0.25, 0.3) is 0 Å². The van der Waals surface area contributed by atoms with Crippen molar-refractivity contribution in [2.45, 2.75) is 71.9 Å². The van der Waals surface area contributed by atoms with Gasteiger partial charge in [-0.15, -0.1) is 0 Å². The Hall–Kier alpha value is -0.610. The van der Waals surface area contributed by atoms with Crippen molar-refractivity contribution in [3.8, 4) is 0 Å². The number of methoxy groups -OCH3 is 1. The van der Waals surface area contributed by atoms with Crippen LogP contribution in [0, 0.1) is 11.3 Å². The maximum Gasteiger partial charge on any atom is 0.236 e. The molecule has 0 heterocycles. The average molecular weight is 298 g/mol. The van der Waals surface area contributed by atoms with Crippen LogP contribution in [0.3, 0.4) is 0 Å². The van der Waals surface area contributed by atoms with Crippen LogP contribution in [0.15, 0.2) is 0 Å². The van der Waals surface area contributed by atoms with Crippen molar-refractivity contribution in [3.05, 3.63) is 0 Å². The van der Waals surface area contributed by atoms with Gasteiger partial charge in [0.05, 0.1) is 12.6 Å². The zero-order valence-electron chi connectivity index (χ0n) is 14.5. The largest absolute Gasteiger partial charge is 0.383 e. The van der Waals surface area contributed by atoms with Gasteiger partial charge in [0, 0.05) is 19.7 Å². The van der Waals surface area contributed by atoms with Gasteiger partial charge in [-0.2, -0.15) is 0 Å². The summed E-state index contributed by atoms with van der Waals surface area (Å²) in [5, 5.41) is 6.37. The lowest BCUT2D eigenvalue weighted by Gasteiger charge is -2.39. The molecule has 4 nitrogen and oxygen atoms in total. The van der Waals surface area contributed by atoms with Gasteiger partial charge in [-0.25, -0.2) is 0 Å². The van der Waals surface area contributed by atoms with E-state index < -0.39 is 0 Å². The van der Waals surface area contributed by atoms with Crippen LogP contribution in [0.1, 0.15) is 59.8 Å². The molecular formula is C17H34N2O2. The van der Waals surface area contributed by atoms with Crippen molar-refractivity contribution in [2.24, 2.45) is 11.3 Å². The summed E-state index contributed by atoms with van der Waals surface area (Å²) >= 11 is 0. The lowest BCUT2D eigenvalue weighted by Crippen LogP contribution is -2.48. The molecular weight excluding hydrogens is 264 g/mol. The van der Waals surface area contributed by atoms with Crippen molar-refractivity contribution in [2.75, 3.05) is 20.3 Å². The Morgan fingerprint density at radius 3 is 2.43 bits per heavy atom. The van der Waals surface area contributed by atoms with Crippen LogP contribution < -0.4 is 10.6 Å². The van der Waals surface area contributed by atoms with Crippen LogP contribution in [-0.4, -0.2) is 38.3 Å². The second-order valence-electron chi connectivity index (χ2n) is 7.06. The van der Waals surface area contributed by atoms with E-state index in [9.17, 15) is 4.79 Å². The first kappa shape index (κ1) is 18.4. The van der Waals surface area contributed by atoms with E-state index in [0.717, 1.165) is 5.92 Å². The number of carbonyl (C=O) groups is 1. The Labute approximate surface area is 130 Å². The molecule has 1 rings (SSSR count). The molecule has 0 aliphatic heterocycles. The van der Waals surface area contributed by atoms with Crippen LogP contribution in [0.2, 0.25) is 0 Å². The number of hydrogen-bond acceptors (Lipinski definition) is 3. The van der Waals surface area contributed by atoms with Crippen LogP contribution in [0.5, 0.6) is 0 Å². The Morgan fingerprint density at radius 1 is 1.29 bits per heavy atom. The summed E-state index contributed by atoms with van der Waals surface area (Å²) < 4.78 is 4.94. The smallest absolute Gasteiger partial charge is 0.236 e. The highest BCUT2D eigenvalue weighted by Gasteiger charge is 2.32. The number of carbonyl (C=O) groups excluding carboxylic acids is 1. The molecule has 124 valence electrons. The lowest BCUT2D eigenvalue weighted by atomic mass is 9.69. The van der Waals surface area contributed by atoms with E-state index in [1.54, 1.807) is 7.11 Å². The third-order valence-electron chi connectivity index (χ3n) is 5.23. The van der Waals surface area contributed by atoms with Crippen molar-refractivity contribution in [3.63, 3.8) is 0 Å². The lowest BCUT2D eigenvalue weighted by molar-refractivity contribution is -0.123. The van der Waals surface area contributed by atoms with Gasteiger partial charge in [0.1, 0.15) is 0 Å². The summed E-state index contributed by atoms with van der Waals surface area (Å²) in [5.74, 6) is 0.898. The van der Waals surface area contributed by atoms with Crippen molar-refractivity contribution in [1.29, 1.82) is 0 Å². The maximum absolute atomic E-state index is 11.9. The highest BCUT2D eigenvalue weighted by molar-refractivity contribution is 5.81. The number of nitrogens with one attached hydrogen (secondary N) is 2. The molecule has 1 unspecified atom stereocenters. The average Bonchev–Trinajstić information content (AvgIpc) is 2.48. The van der Waals surface area contributed by atoms with E-state index in [-0.39, 0.29) is 11.9 Å². The van der Waals surface area contributed by atoms with Crippen LogP contribution in [-0.2, 0) is 9.53 Å². The number of amides is 1. The maximum atomic E-state index is 11.9. The summed E-state index contributed by atoms with van der Waals surface area (Å²) in [6, 6.07) is 0.361. The van der Waals surface area contributed by atoms with Gasteiger partial charge in [0.2, 0.25) is 5.91 Å². The minimum Gasteiger partial charge on any atom is -0.383 e. The monoisotopic (exact) mass is 298 g/mol. The molecule has 0 aromatic carbocycles. The van der Waals surface area contributed by atoms with Gasteiger partial charge in [0.15, 0.2) is 0 Å².